The minimum absolute atomic E-state index is 0.0360. The number of nitrogens with zero attached hydrogens (tertiary/aromatic N) is 1. The monoisotopic (exact) mass is 468 g/mol. The lowest BCUT2D eigenvalue weighted by Crippen LogP contribution is -2.39. The van der Waals surface area contributed by atoms with Gasteiger partial charge < -0.3 is 10.1 Å². The summed E-state index contributed by atoms with van der Waals surface area (Å²) < 4.78 is 32.7. The Balaban J connectivity index is 1.84. The van der Waals surface area contributed by atoms with Crippen molar-refractivity contribution in [2.24, 2.45) is 0 Å². The lowest BCUT2D eigenvalue weighted by Gasteiger charge is -2.31. The standard InChI is InChI=1S/C24H21ClN2O4S/c1-27-23(24(28)26-15-16-7-6-10-19(13-16)31-2)22(17-8-4-3-5-9-17)20-14-18(25)11-12-21(20)32(27,29)30/h3-14H,15H2,1-2H3,(H,26,28). The molecule has 1 aliphatic rings. The topological polar surface area (TPSA) is 75.7 Å². The molecule has 1 aliphatic heterocycles. The number of ether oxygens (including phenoxy) is 1. The first-order chi connectivity index (χ1) is 15.3. The second-order valence-electron chi connectivity index (χ2n) is 7.24. The average molecular weight is 469 g/mol. The molecule has 8 heteroatoms. The van der Waals surface area contributed by atoms with E-state index in [9.17, 15) is 13.2 Å². The molecule has 1 N–H and O–H groups in total. The maximum absolute atomic E-state index is 13.4. The molecule has 0 aromatic heterocycles. The first kappa shape index (κ1) is 21.9. The third-order valence-electron chi connectivity index (χ3n) is 5.27. The summed E-state index contributed by atoms with van der Waals surface area (Å²) in [5, 5.41) is 3.22. The van der Waals surface area contributed by atoms with Gasteiger partial charge in [0.15, 0.2) is 0 Å². The number of likely N-dealkylation sites (N-methyl/N-ethyl adjacent to an activating group) is 1. The van der Waals surface area contributed by atoms with Gasteiger partial charge in [-0.3, -0.25) is 9.10 Å². The van der Waals surface area contributed by atoms with Crippen LogP contribution < -0.4 is 10.1 Å². The van der Waals surface area contributed by atoms with Crippen molar-refractivity contribution < 1.29 is 17.9 Å². The number of methoxy groups -OCH3 is 1. The summed E-state index contributed by atoms with van der Waals surface area (Å²) in [6, 6.07) is 21.1. The van der Waals surface area contributed by atoms with E-state index >= 15 is 0 Å². The van der Waals surface area contributed by atoms with Crippen molar-refractivity contribution in [3.63, 3.8) is 0 Å². The van der Waals surface area contributed by atoms with E-state index in [0.29, 0.717) is 27.5 Å². The van der Waals surface area contributed by atoms with Gasteiger partial charge in [-0.2, -0.15) is 0 Å². The van der Waals surface area contributed by atoms with Crippen molar-refractivity contribution in [1.29, 1.82) is 0 Å². The van der Waals surface area contributed by atoms with Crippen LogP contribution in [0, 0.1) is 0 Å². The average Bonchev–Trinajstić information content (AvgIpc) is 2.80. The highest BCUT2D eigenvalue weighted by molar-refractivity contribution is 7.89. The second kappa shape index (κ2) is 8.68. The second-order valence-corrected chi connectivity index (χ2v) is 9.61. The number of fused-ring (bicyclic) bond motifs is 1. The number of carbonyl (C=O) groups excluding carboxylic acids is 1. The van der Waals surface area contributed by atoms with E-state index in [4.69, 9.17) is 16.3 Å². The zero-order chi connectivity index (χ0) is 22.9. The number of hydrogen-bond donors (Lipinski definition) is 1. The molecule has 1 heterocycles. The van der Waals surface area contributed by atoms with Crippen molar-refractivity contribution in [2.45, 2.75) is 11.4 Å². The van der Waals surface area contributed by atoms with Crippen LogP contribution in [-0.2, 0) is 21.4 Å². The Morgan fingerprint density at radius 1 is 1.03 bits per heavy atom. The Kier molecular flexibility index (Phi) is 5.95. The number of sulfonamides is 1. The van der Waals surface area contributed by atoms with Crippen molar-refractivity contribution in [2.75, 3.05) is 14.2 Å². The normalized spacial score (nSPS) is 14.7. The molecule has 0 saturated carbocycles. The summed E-state index contributed by atoms with van der Waals surface area (Å²) in [6.07, 6.45) is 0. The third kappa shape index (κ3) is 3.97. The molecule has 164 valence electrons. The van der Waals surface area contributed by atoms with E-state index in [1.165, 1.54) is 19.2 Å². The number of rotatable bonds is 5. The molecule has 0 aliphatic carbocycles. The quantitative estimate of drug-likeness (QED) is 0.612. The molecule has 0 saturated heterocycles. The molecule has 0 unspecified atom stereocenters. The lowest BCUT2D eigenvalue weighted by molar-refractivity contribution is -0.118. The fourth-order valence-electron chi connectivity index (χ4n) is 3.68. The van der Waals surface area contributed by atoms with Crippen LogP contribution in [0.2, 0.25) is 5.02 Å². The molecule has 0 spiro atoms. The van der Waals surface area contributed by atoms with E-state index in [0.717, 1.165) is 9.87 Å². The van der Waals surface area contributed by atoms with Gasteiger partial charge in [-0.1, -0.05) is 54.1 Å². The van der Waals surface area contributed by atoms with Gasteiger partial charge in [-0.15, -0.1) is 0 Å². The highest BCUT2D eigenvalue weighted by Gasteiger charge is 2.38. The van der Waals surface area contributed by atoms with Crippen LogP contribution >= 0.6 is 11.6 Å². The van der Waals surface area contributed by atoms with Gasteiger partial charge in [0.2, 0.25) is 0 Å². The summed E-state index contributed by atoms with van der Waals surface area (Å²) in [6.45, 7) is 0.206. The van der Waals surface area contributed by atoms with E-state index in [2.05, 4.69) is 5.32 Å². The van der Waals surface area contributed by atoms with Gasteiger partial charge in [-0.25, -0.2) is 8.42 Å². The largest absolute Gasteiger partial charge is 0.497 e. The predicted molar refractivity (Wildman–Crippen MR) is 124 cm³/mol. The first-order valence-electron chi connectivity index (χ1n) is 9.82. The van der Waals surface area contributed by atoms with Crippen molar-refractivity contribution in [3.05, 3.63) is 100 Å². The number of benzene rings is 3. The van der Waals surface area contributed by atoms with Crippen LogP contribution in [0.3, 0.4) is 0 Å². The summed E-state index contributed by atoms with van der Waals surface area (Å²) >= 11 is 6.21. The van der Waals surface area contributed by atoms with Crippen molar-refractivity contribution in [1.82, 2.24) is 9.62 Å². The lowest BCUT2D eigenvalue weighted by atomic mass is 9.95. The van der Waals surface area contributed by atoms with Crippen LogP contribution in [-0.4, -0.2) is 32.8 Å². The van der Waals surface area contributed by atoms with E-state index in [1.54, 1.807) is 13.2 Å². The number of amides is 1. The molecule has 32 heavy (non-hydrogen) atoms. The molecular formula is C24H21ClN2O4S. The van der Waals surface area contributed by atoms with Crippen LogP contribution in [0.1, 0.15) is 16.7 Å². The first-order valence-corrected chi connectivity index (χ1v) is 11.6. The van der Waals surface area contributed by atoms with Gasteiger partial charge in [0, 0.05) is 29.8 Å². The predicted octanol–water partition coefficient (Wildman–Crippen LogP) is 4.06. The van der Waals surface area contributed by atoms with Crippen molar-refractivity contribution in [3.8, 4) is 5.75 Å². The maximum Gasteiger partial charge on any atom is 0.269 e. The molecule has 0 radical (unpaired) electrons. The Bertz CT molecular complexity index is 1320. The van der Waals surface area contributed by atoms with Crippen LogP contribution in [0.5, 0.6) is 5.75 Å². The minimum Gasteiger partial charge on any atom is -0.497 e. The fourth-order valence-corrected chi connectivity index (χ4v) is 5.24. The van der Waals surface area contributed by atoms with Crippen LogP contribution in [0.25, 0.3) is 5.57 Å². The molecular weight excluding hydrogens is 448 g/mol. The van der Waals surface area contributed by atoms with Gasteiger partial charge in [0.1, 0.15) is 11.4 Å². The molecule has 3 aromatic carbocycles. The molecule has 0 bridgehead atoms. The van der Waals surface area contributed by atoms with Gasteiger partial charge in [0.25, 0.3) is 15.9 Å². The summed E-state index contributed by atoms with van der Waals surface area (Å²) in [5.74, 6) is 0.158. The minimum atomic E-state index is -3.93. The summed E-state index contributed by atoms with van der Waals surface area (Å²) in [7, 11) is -0.977. The maximum atomic E-state index is 13.4. The smallest absolute Gasteiger partial charge is 0.269 e. The van der Waals surface area contributed by atoms with E-state index < -0.39 is 15.9 Å². The highest BCUT2D eigenvalue weighted by Crippen LogP contribution is 2.40. The SMILES string of the molecule is COc1cccc(CNC(=O)C2=C(c3ccccc3)c3cc(Cl)ccc3S(=O)(=O)N2C)c1. The molecule has 6 nitrogen and oxygen atoms in total. The third-order valence-corrected chi connectivity index (χ3v) is 7.32. The number of nitrogens with one attached hydrogen (secondary N) is 1. The van der Waals surface area contributed by atoms with Crippen LogP contribution in [0.4, 0.5) is 0 Å². The molecule has 3 aromatic rings. The van der Waals surface area contributed by atoms with Gasteiger partial charge in [-0.05, 0) is 41.5 Å². The van der Waals surface area contributed by atoms with Gasteiger partial charge >= 0.3 is 0 Å². The molecule has 1 amide bonds. The van der Waals surface area contributed by atoms with E-state index in [-0.39, 0.29) is 17.1 Å². The highest BCUT2D eigenvalue weighted by atomic mass is 35.5. The zero-order valence-corrected chi connectivity index (χ0v) is 19.1. The van der Waals surface area contributed by atoms with Crippen molar-refractivity contribution >= 4 is 33.1 Å². The molecule has 0 atom stereocenters. The molecule has 4 rings (SSSR count). The summed E-state index contributed by atoms with van der Waals surface area (Å²) in [5.41, 5.74) is 2.47. The zero-order valence-electron chi connectivity index (χ0n) is 17.5. The number of carbonyl (C=O) groups is 1. The fraction of sp³-hybridized carbons (Fsp3) is 0.125. The Hall–Kier alpha value is -3.29. The Morgan fingerprint density at radius 2 is 1.78 bits per heavy atom. The Labute approximate surface area is 192 Å². The number of halogens is 1. The number of hydrogen-bond acceptors (Lipinski definition) is 4. The van der Waals surface area contributed by atoms with Crippen LogP contribution in [0.15, 0.2) is 83.4 Å². The Morgan fingerprint density at radius 3 is 2.50 bits per heavy atom. The van der Waals surface area contributed by atoms with Gasteiger partial charge in [0.05, 0.1) is 12.0 Å². The molecule has 0 fully saturated rings. The van der Waals surface area contributed by atoms with E-state index in [1.807, 2.05) is 54.6 Å². The summed E-state index contributed by atoms with van der Waals surface area (Å²) in [4.78, 5) is 13.5.